The molecule has 33 heavy (non-hydrogen) atoms. The van der Waals surface area contributed by atoms with Gasteiger partial charge >= 0.3 is 5.97 Å². The first-order valence-corrected chi connectivity index (χ1v) is 10.7. The number of imidazole rings is 1. The summed E-state index contributed by atoms with van der Waals surface area (Å²) in [5.41, 5.74) is 4.47. The summed E-state index contributed by atoms with van der Waals surface area (Å²) in [5.74, 6) is -0.543. The molecule has 3 heterocycles. The number of carboxylic acids is 1. The van der Waals surface area contributed by atoms with E-state index in [9.17, 15) is 14.7 Å². The van der Waals surface area contributed by atoms with E-state index < -0.39 is 11.9 Å². The largest absolute Gasteiger partial charge is 0.481 e. The Morgan fingerprint density at radius 3 is 2.64 bits per heavy atom. The zero-order valence-corrected chi connectivity index (χ0v) is 18.0. The molecule has 0 radical (unpaired) electrons. The number of aromatic nitrogens is 3. The van der Waals surface area contributed by atoms with Crippen molar-refractivity contribution in [3.63, 3.8) is 0 Å². The number of methoxy groups -OCH3 is 1. The number of carboxylic acid groups (broad SMARTS) is 1. The van der Waals surface area contributed by atoms with Crippen LogP contribution in [0.5, 0.6) is 5.88 Å². The fourth-order valence-electron chi connectivity index (χ4n) is 3.99. The lowest BCUT2D eigenvalue weighted by Crippen LogP contribution is -2.25. The molecule has 4 aromatic rings. The Morgan fingerprint density at radius 2 is 1.91 bits per heavy atom. The maximum absolute atomic E-state index is 12.6. The fourth-order valence-corrected chi connectivity index (χ4v) is 3.99. The summed E-state index contributed by atoms with van der Waals surface area (Å²) in [4.78, 5) is 33.2. The normalized spacial score (nSPS) is 13.1. The van der Waals surface area contributed by atoms with Crippen molar-refractivity contribution >= 4 is 17.5 Å². The van der Waals surface area contributed by atoms with E-state index in [-0.39, 0.29) is 17.7 Å². The molecule has 8 nitrogen and oxygen atoms in total. The SMILES string of the molecule is COc1ncccc1-c1cc(C2CC2)cn2cc(CNC(=O)c3ccccc3C(=O)O)nc12. The van der Waals surface area contributed by atoms with Crippen LogP contribution in [0.3, 0.4) is 0 Å². The standard InChI is InChI=1S/C25H22N4O4/c1-33-24-19(7-4-10-26-24)21-11-16(15-8-9-15)13-29-14-17(28-22(21)29)12-27-23(30)18-5-2-3-6-20(18)25(31)32/h2-7,10-11,13-15H,8-9,12H2,1H3,(H,27,30)(H,31,32). The molecule has 1 amide bonds. The predicted octanol–water partition coefficient (Wildman–Crippen LogP) is 3.91. The van der Waals surface area contributed by atoms with Crippen LogP contribution in [-0.4, -0.2) is 38.5 Å². The van der Waals surface area contributed by atoms with Crippen molar-refractivity contribution in [2.45, 2.75) is 25.3 Å². The van der Waals surface area contributed by atoms with Crippen LogP contribution in [0.15, 0.2) is 61.1 Å². The van der Waals surface area contributed by atoms with Gasteiger partial charge in [0.25, 0.3) is 5.91 Å². The molecular formula is C25H22N4O4. The first kappa shape index (κ1) is 20.7. The van der Waals surface area contributed by atoms with E-state index in [1.807, 2.05) is 22.7 Å². The number of nitrogens with zero attached hydrogens (tertiary/aromatic N) is 3. The number of rotatable bonds is 7. The number of carbonyl (C=O) groups excluding carboxylic acids is 1. The zero-order chi connectivity index (χ0) is 22.9. The van der Waals surface area contributed by atoms with Crippen molar-refractivity contribution in [1.82, 2.24) is 19.7 Å². The minimum Gasteiger partial charge on any atom is -0.481 e. The molecule has 0 spiro atoms. The lowest BCUT2D eigenvalue weighted by Gasteiger charge is -2.10. The number of aromatic carboxylic acids is 1. The van der Waals surface area contributed by atoms with E-state index >= 15 is 0 Å². The van der Waals surface area contributed by atoms with Gasteiger partial charge in [0.1, 0.15) is 5.65 Å². The van der Waals surface area contributed by atoms with Gasteiger partial charge in [-0.3, -0.25) is 4.79 Å². The molecule has 1 fully saturated rings. The minimum absolute atomic E-state index is 0.0370. The van der Waals surface area contributed by atoms with Crippen LogP contribution in [0.25, 0.3) is 16.8 Å². The van der Waals surface area contributed by atoms with E-state index in [0.717, 1.165) is 29.6 Å². The Balaban J connectivity index is 1.48. The van der Waals surface area contributed by atoms with Crippen LogP contribution in [0.4, 0.5) is 0 Å². The van der Waals surface area contributed by atoms with E-state index in [2.05, 4.69) is 22.6 Å². The fraction of sp³-hybridized carbons (Fsp3) is 0.200. The smallest absolute Gasteiger partial charge is 0.336 e. The van der Waals surface area contributed by atoms with Gasteiger partial charge in [-0.2, -0.15) is 0 Å². The van der Waals surface area contributed by atoms with Crippen LogP contribution in [0.1, 0.15) is 50.7 Å². The van der Waals surface area contributed by atoms with Gasteiger partial charge in [-0.05, 0) is 54.7 Å². The molecule has 8 heteroatoms. The molecule has 2 N–H and O–H groups in total. The monoisotopic (exact) mass is 442 g/mol. The maximum Gasteiger partial charge on any atom is 0.336 e. The maximum atomic E-state index is 12.6. The van der Waals surface area contributed by atoms with Gasteiger partial charge in [0, 0.05) is 29.7 Å². The number of carbonyl (C=O) groups is 2. The van der Waals surface area contributed by atoms with Gasteiger partial charge < -0.3 is 19.6 Å². The highest BCUT2D eigenvalue weighted by Gasteiger charge is 2.26. The predicted molar refractivity (Wildman–Crippen MR) is 122 cm³/mol. The van der Waals surface area contributed by atoms with Crippen LogP contribution in [0.2, 0.25) is 0 Å². The summed E-state index contributed by atoms with van der Waals surface area (Å²) in [6.07, 6.45) is 7.98. The van der Waals surface area contributed by atoms with Gasteiger partial charge in [0.05, 0.1) is 30.5 Å². The van der Waals surface area contributed by atoms with Crippen LogP contribution >= 0.6 is 0 Å². The Hall–Kier alpha value is -4.20. The topological polar surface area (TPSA) is 106 Å². The molecule has 1 saturated carbocycles. The van der Waals surface area contributed by atoms with Gasteiger partial charge in [-0.1, -0.05) is 12.1 Å². The second kappa shape index (κ2) is 8.38. The van der Waals surface area contributed by atoms with Crippen molar-refractivity contribution in [3.8, 4) is 17.0 Å². The Morgan fingerprint density at radius 1 is 1.12 bits per heavy atom. The second-order valence-corrected chi connectivity index (χ2v) is 8.02. The van der Waals surface area contributed by atoms with Crippen molar-refractivity contribution in [1.29, 1.82) is 0 Å². The van der Waals surface area contributed by atoms with Gasteiger partial charge in [-0.25, -0.2) is 14.8 Å². The average molecular weight is 442 g/mol. The molecule has 166 valence electrons. The Kier molecular flexibility index (Phi) is 5.26. The van der Waals surface area contributed by atoms with E-state index in [0.29, 0.717) is 17.5 Å². The van der Waals surface area contributed by atoms with Crippen molar-refractivity contribution < 1.29 is 19.4 Å². The molecule has 0 bridgehead atoms. The molecule has 0 saturated heterocycles. The van der Waals surface area contributed by atoms with Crippen LogP contribution in [-0.2, 0) is 6.54 Å². The molecule has 1 aliphatic carbocycles. The summed E-state index contributed by atoms with van der Waals surface area (Å²) in [6.45, 7) is 0.164. The first-order valence-electron chi connectivity index (χ1n) is 10.7. The number of amides is 1. The lowest BCUT2D eigenvalue weighted by atomic mass is 10.0. The molecule has 0 unspecified atom stereocenters. The number of pyridine rings is 2. The highest BCUT2D eigenvalue weighted by molar-refractivity contribution is 6.04. The van der Waals surface area contributed by atoms with E-state index in [1.165, 1.54) is 17.7 Å². The quantitative estimate of drug-likeness (QED) is 0.450. The third-order valence-electron chi connectivity index (χ3n) is 5.76. The summed E-state index contributed by atoms with van der Waals surface area (Å²) >= 11 is 0. The van der Waals surface area contributed by atoms with Crippen LogP contribution < -0.4 is 10.1 Å². The number of hydrogen-bond acceptors (Lipinski definition) is 5. The van der Waals surface area contributed by atoms with Gasteiger partial charge in [-0.15, -0.1) is 0 Å². The van der Waals surface area contributed by atoms with Crippen molar-refractivity contribution in [2.24, 2.45) is 0 Å². The molecule has 5 rings (SSSR count). The number of fused-ring (bicyclic) bond motifs is 1. The van der Waals surface area contributed by atoms with Gasteiger partial charge in [0.15, 0.2) is 0 Å². The zero-order valence-electron chi connectivity index (χ0n) is 18.0. The lowest BCUT2D eigenvalue weighted by molar-refractivity contribution is 0.0691. The molecule has 3 aromatic heterocycles. The molecule has 1 aromatic carbocycles. The number of ether oxygens (including phenoxy) is 1. The number of nitrogens with one attached hydrogen (secondary N) is 1. The van der Waals surface area contributed by atoms with Crippen LogP contribution in [0, 0.1) is 0 Å². The minimum atomic E-state index is -1.14. The number of hydrogen-bond donors (Lipinski definition) is 2. The van der Waals surface area contributed by atoms with Crippen molar-refractivity contribution in [2.75, 3.05) is 7.11 Å². The second-order valence-electron chi connectivity index (χ2n) is 8.02. The molecular weight excluding hydrogens is 420 g/mol. The molecule has 0 atom stereocenters. The summed E-state index contributed by atoms with van der Waals surface area (Å²) in [5, 5.41) is 12.1. The van der Waals surface area contributed by atoms with Gasteiger partial charge in [0.2, 0.25) is 5.88 Å². The first-order chi connectivity index (χ1) is 16.0. The Labute approximate surface area is 189 Å². The van der Waals surface area contributed by atoms with E-state index in [4.69, 9.17) is 9.72 Å². The summed E-state index contributed by atoms with van der Waals surface area (Å²) in [7, 11) is 1.59. The summed E-state index contributed by atoms with van der Waals surface area (Å²) < 4.78 is 7.45. The van der Waals surface area contributed by atoms with E-state index in [1.54, 1.807) is 25.4 Å². The third-order valence-corrected chi connectivity index (χ3v) is 5.76. The number of benzene rings is 1. The molecule has 1 aliphatic rings. The third kappa shape index (κ3) is 4.03. The molecule has 0 aliphatic heterocycles. The van der Waals surface area contributed by atoms with Crippen molar-refractivity contribution in [3.05, 3.63) is 83.4 Å². The Bertz CT molecular complexity index is 1370. The average Bonchev–Trinajstić information content (AvgIpc) is 3.61. The highest BCUT2D eigenvalue weighted by Crippen LogP contribution is 2.42. The highest BCUT2D eigenvalue weighted by atomic mass is 16.5. The summed E-state index contributed by atoms with van der Waals surface area (Å²) in [6, 6.07) is 12.1.